The number of thiocarbonyl (C=S) groups is 1. The maximum Gasteiger partial charge on any atom is 0.293 e. The van der Waals surface area contributed by atoms with Gasteiger partial charge in [0.2, 0.25) is 0 Å². The lowest BCUT2D eigenvalue weighted by Gasteiger charge is -2.13. The van der Waals surface area contributed by atoms with Crippen LogP contribution >= 0.6 is 28.1 Å². The van der Waals surface area contributed by atoms with Crippen molar-refractivity contribution >= 4 is 50.8 Å². The lowest BCUT2D eigenvalue weighted by atomic mass is 10.1. The van der Waals surface area contributed by atoms with Gasteiger partial charge in [-0.05, 0) is 64.4 Å². The summed E-state index contributed by atoms with van der Waals surface area (Å²) in [5.74, 6) is -0.598. The van der Waals surface area contributed by atoms with E-state index >= 15 is 0 Å². The summed E-state index contributed by atoms with van der Waals surface area (Å²) < 4.78 is 5.64. The van der Waals surface area contributed by atoms with E-state index in [4.69, 9.17) is 16.6 Å². The van der Waals surface area contributed by atoms with E-state index in [9.17, 15) is 9.59 Å². The fraction of sp³-hybridized carbons (Fsp3) is 0.0952. The van der Waals surface area contributed by atoms with Gasteiger partial charge >= 0.3 is 0 Å². The minimum Gasteiger partial charge on any atom is -0.444 e. The predicted octanol–water partition coefficient (Wildman–Crippen LogP) is 4.14. The molecule has 0 bridgehead atoms. The van der Waals surface area contributed by atoms with E-state index in [1.165, 1.54) is 6.07 Å². The van der Waals surface area contributed by atoms with Crippen molar-refractivity contribution in [2.75, 3.05) is 11.9 Å². The third-order valence-electron chi connectivity index (χ3n) is 3.99. The number of carbonyl (C=O) groups is 2. The molecule has 1 aromatic heterocycles. The topological polar surface area (TPSA) is 83.4 Å². The van der Waals surface area contributed by atoms with Crippen LogP contribution in [0.15, 0.2) is 75.8 Å². The smallest absolute Gasteiger partial charge is 0.293 e. The Morgan fingerprint density at radius 1 is 0.931 bits per heavy atom. The molecule has 0 aliphatic carbocycles. The quantitative estimate of drug-likeness (QED) is 0.470. The van der Waals surface area contributed by atoms with Crippen LogP contribution in [0.2, 0.25) is 0 Å². The summed E-state index contributed by atoms with van der Waals surface area (Å²) in [6, 6.07) is 20.0. The first-order chi connectivity index (χ1) is 14.0. The Labute approximate surface area is 181 Å². The van der Waals surface area contributed by atoms with Crippen molar-refractivity contribution in [2.24, 2.45) is 0 Å². The second kappa shape index (κ2) is 9.99. The van der Waals surface area contributed by atoms with Gasteiger partial charge in [0.05, 0.1) is 11.3 Å². The number of benzene rings is 2. The minimum atomic E-state index is -0.488. The summed E-state index contributed by atoms with van der Waals surface area (Å²) in [5, 5.41) is 8.38. The van der Waals surface area contributed by atoms with Crippen molar-refractivity contribution in [1.82, 2.24) is 10.6 Å². The van der Waals surface area contributed by atoms with Gasteiger partial charge in [-0.1, -0.05) is 42.5 Å². The summed E-state index contributed by atoms with van der Waals surface area (Å²) >= 11 is 8.33. The molecule has 6 nitrogen and oxygen atoms in total. The largest absolute Gasteiger partial charge is 0.444 e. The molecule has 0 aliphatic rings. The molecule has 0 radical (unpaired) electrons. The normalized spacial score (nSPS) is 10.2. The molecule has 0 saturated heterocycles. The Kier molecular flexibility index (Phi) is 7.15. The van der Waals surface area contributed by atoms with Crippen molar-refractivity contribution in [1.29, 1.82) is 0 Å². The molecule has 0 unspecified atom stereocenters. The number of para-hydroxylation sites is 1. The second-order valence-electron chi connectivity index (χ2n) is 6.05. The standard InChI is InChI=1S/C21H18BrN3O3S/c22-18-11-10-17(28-18)20(27)25-21(29)24-16-9-5-4-8-15(16)19(26)23-13-12-14-6-2-1-3-7-14/h1-11H,12-13H2,(H,23,26)(H2,24,25,27,29). The molecule has 3 aromatic rings. The molecule has 0 aliphatic heterocycles. The van der Waals surface area contributed by atoms with E-state index in [1.54, 1.807) is 30.3 Å². The first kappa shape index (κ1) is 20.8. The van der Waals surface area contributed by atoms with E-state index in [2.05, 4.69) is 31.9 Å². The molecule has 3 N–H and O–H groups in total. The van der Waals surface area contributed by atoms with Crippen LogP contribution in [-0.4, -0.2) is 23.5 Å². The van der Waals surface area contributed by atoms with Crippen LogP contribution in [0.3, 0.4) is 0 Å². The molecule has 0 atom stereocenters. The third-order valence-corrected chi connectivity index (χ3v) is 4.62. The molecule has 148 valence electrons. The van der Waals surface area contributed by atoms with Crippen LogP contribution in [0.5, 0.6) is 0 Å². The Balaban J connectivity index is 1.58. The van der Waals surface area contributed by atoms with Crippen LogP contribution in [0.4, 0.5) is 5.69 Å². The number of furan rings is 1. The first-order valence-corrected chi connectivity index (χ1v) is 10.0. The Hall–Kier alpha value is -2.97. The molecule has 1 heterocycles. The molecular formula is C21H18BrN3O3S. The number of halogens is 1. The molecule has 0 fully saturated rings. The van der Waals surface area contributed by atoms with Gasteiger partial charge in [-0.2, -0.15) is 0 Å². The highest BCUT2D eigenvalue weighted by Gasteiger charge is 2.15. The van der Waals surface area contributed by atoms with E-state index in [1.807, 2.05) is 30.3 Å². The van der Waals surface area contributed by atoms with Crippen LogP contribution in [0.25, 0.3) is 0 Å². The maximum atomic E-state index is 12.6. The number of carbonyl (C=O) groups excluding carboxylic acids is 2. The average molecular weight is 472 g/mol. The summed E-state index contributed by atoms with van der Waals surface area (Å²) in [4.78, 5) is 24.7. The Morgan fingerprint density at radius 2 is 1.66 bits per heavy atom. The summed E-state index contributed by atoms with van der Waals surface area (Å²) in [6.07, 6.45) is 0.731. The second-order valence-corrected chi connectivity index (χ2v) is 7.24. The molecule has 3 rings (SSSR count). The number of amides is 2. The van der Waals surface area contributed by atoms with Gasteiger partial charge in [-0.25, -0.2) is 0 Å². The van der Waals surface area contributed by atoms with Crippen LogP contribution < -0.4 is 16.0 Å². The van der Waals surface area contributed by atoms with Crippen LogP contribution in [-0.2, 0) is 6.42 Å². The zero-order valence-corrected chi connectivity index (χ0v) is 17.7. The summed E-state index contributed by atoms with van der Waals surface area (Å²) in [5.41, 5.74) is 2.07. The van der Waals surface area contributed by atoms with Gasteiger partial charge in [0.1, 0.15) is 0 Å². The van der Waals surface area contributed by atoms with Crippen molar-refractivity contribution < 1.29 is 14.0 Å². The fourth-order valence-corrected chi connectivity index (χ4v) is 3.11. The number of rotatable bonds is 6. The van der Waals surface area contributed by atoms with Crippen molar-refractivity contribution in [2.45, 2.75) is 6.42 Å². The van der Waals surface area contributed by atoms with E-state index in [0.29, 0.717) is 22.5 Å². The molecular weight excluding hydrogens is 454 g/mol. The number of anilines is 1. The predicted molar refractivity (Wildman–Crippen MR) is 119 cm³/mol. The maximum absolute atomic E-state index is 12.6. The van der Waals surface area contributed by atoms with E-state index < -0.39 is 5.91 Å². The SMILES string of the molecule is O=C(NC(=S)Nc1ccccc1C(=O)NCCc1ccccc1)c1ccc(Br)o1. The lowest BCUT2D eigenvalue weighted by Crippen LogP contribution is -2.35. The van der Waals surface area contributed by atoms with Gasteiger partial charge in [0.15, 0.2) is 15.5 Å². The third kappa shape index (κ3) is 6.00. The first-order valence-electron chi connectivity index (χ1n) is 8.82. The lowest BCUT2D eigenvalue weighted by molar-refractivity contribution is 0.0944. The van der Waals surface area contributed by atoms with Gasteiger partial charge < -0.3 is 15.1 Å². The van der Waals surface area contributed by atoms with Crippen molar-refractivity contribution in [3.63, 3.8) is 0 Å². The molecule has 29 heavy (non-hydrogen) atoms. The minimum absolute atomic E-state index is 0.0621. The number of hydrogen-bond donors (Lipinski definition) is 3. The average Bonchev–Trinajstić information content (AvgIpc) is 3.15. The van der Waals surface area contributed by atoms with Crippen molar-refractivity contribution in [3.8, 4) is 0 Å². The molecule has 8 heteroatoms. The van der Waals surface area contributed by atoms with Crippen LogP contribution in [0, 0.1) is 0 Å². The van der Waals surface area contributed by atoms with Gasteiger partial charge in [0.25, 0.3) is 11.8 Å². The zero-order chi connectivity index (χ0) is 20.6. The summed E-state index contributed by atoms with van der Waals surface area (Å²) in [6.45, 7) is 0.506. The fourth-order valence-electron chi connectivity index (χ4n) is 2.60. The van der Waals surface area contributed by atoms with E-state index in [0.717, 1.165) is 12.0 Å². The molecule has 2 amide bonds. The molecule has 2 aromatic carbocycles. The van der Waals surface area contributed by atoms with Gasteiger partial charge in [0, 0.05) is 6.54 Å². The monoisotopic (exact) mass is 471 g/mol. The Bertz CT molecular complexity index is 1020. The van der Waals surface area contributed by atoms with Gasteiger partial charge in [-0.3, -0.25) is 14.9 Å². The number of hydrogen-bond acceptors (Lipinski definition) is 4. The summed E-state index contributed by atoms with van der Waals surface area (Å²) in [7, 11) is 0. The van der Waals surface area contributed by atoms with Gasteiger partial charge in [-0.15, -0.1) is 0 Å². The Morgan fingerprint density at radius 3 is 2.38 bits per heavy atom. The highest BCUT2D eigenvalue weighted by molar-refractivity contribution is 9.10. The van der Waals surface area contributed by atoms with Crippen molar-refractivity contribution in [3.05, 3.63) is 88.3 Å². The number of nitrogens with one attached hydrogen (secondary N) is 3. The van der Waals surface area contributed by atoms with E-state index in [-0.39, 0.29) is 16.8 Å². The zero-order valence-electron chi connectivity index (χ0n) is 15.3. The van der Waals surface area contributed by atoms with Crippen LogP contribution in [0.1, 0.15) is 26.5 Å². The highest BCUT2D eigenvalue weighted by Crippen LogP contribution is 2.16. The highest BCUT2D eigenvalue weighted by atomic mass is 79.9. The molecule has 0 saturated carbocycles. The molecule has 0 spiro atoms.